The van der Waals surface area contributed by atoms with Crippen molar-refractivity contribution >= 4 is 11.5 Å². The lowest BCUT2D eigenvalue weighted by Gasteiger charge is -2.26. The zero-order chi connectivity index (χ0) is 17.2. The van der Waals surface area contributed by atoms with Crippen LogP contribution in [-0.4, -0.2) is 11.5 Å². The summed E-state index contributed by atoms with van der Waals surface area (Å²) in [4.78, 5) is 17.1. The molecule has 0 aromatic heterocycles. The average molecular weight is 319 g/mol. The van der Waals surface area contributed by atoms with E-state index >= 15 is 0 Å². The Morgan fingerprint density at radius 3 is 2.25 bits per heavy atom. The Hall–Kier alpha value is -2.22. The van der Waals surface area contributed by atoms with Crippen molar-refractivity contribution in [3.8, 4) is 0 Å². The fourth-order valence-corrected chi connectivity index (χ4v) is 3.23. The second-order valence-electron chi connectivity index (χ2n) is 7.56. The first kappa shape index (κ1) is 16.6. The lowest BCUT2D eigenvalue weighted by molar-refractivity contribution is 0.103. The Morgan fingerprint density at radius 1 is 0.958 bits per heavy atom. The third-order valence-corrected chi connectivity index (χ3v) is 4.82. The molecule has 2 aliphatic rings. The molecule has 1 aromatic carbocycles. The van der Waals surface area contributed by atoms with Crippen LogP contribution in [0.4, 0.5) is 0 Å². The summed E-state index contributed by atoms with van der Waals surface area (Å²) in [6.45, 7) is 6.79. The van der Waals surface area contributed by atoms with E-state index in [-0.39, 0.29) is 11.2 Å². The highest BCUT2D eigenvalue weighted by atomic mass is 16.1. The molecule has 0 saturated carbocycles. The quantitative estimate of drug-likeness (QED) is 0.659. The number of nitrogens with zero attached hydrogens (tertiary/aromatic N) is 1. The molecule has 0 atom stereocenters. The highest BCUT2D eigenvalue weighted by molar-refractivity contribution is 6.11. The Morgan fingerprint density at radius 2 is 1.71 bits per heavy atom. The molecular weight excluding hydrogens is 294 g/mol. The van der Waals surface area contributed by atoms with Gasteiger partial charge in [0.1, 0.15) is 0 Å². The fourth-order valence-electron chi connectivity index (χ4n) is 3.23. The van der Waals surface area contributed by atoms with Gasteiger partial charge >= 0.3 is 0 Å². The molecule has 1 aromatic rings. The van der Waals surface area contributed by atoms with E-state index in [1.807, 2.05) is 30.3 Å². The molecule has 1 heterocycles. The Labute approximate surface area is 144 Å². The van der Waals surface area contributed by atoms with Crippen LogP contribution in [0.25, 0.3) is 0 Å². The fraction of sp³-hybridized carbons (Fsp3) is 0.364. The van der Waals surface area contributed by atoms with Crippen molar-refractivity contribution in [3.63, 3.8) is 0 Å². The predicted molar refractivity (Wildman–Crippen MR) is 100 cm³/mol. The highest BCUT2D eigenvalue weighted by Gasteiger charge is 2.22. The third kappa shape index (κ3) is 3.64. The van der Waals surface area contributed by atoms with Crippen LogP contribution in [0, 0.1) is 5.41 Å². The molecule has 2 nitrogen and oxygen atoms in total. The molecule has 0 bridgehead atoms. The number of ketones is 1. The molecule has 1 aliphatic carbocycles. The summed E-state index contributed by atoms with van der Waals surface area (Å²) in [5.41, 5.74) is 5.77. The maximum Gasteiger partial charge on any atom is 0.190 e. The summed E-state index contributed by atoms with van der Waals surface area (Å²) < 4.78 is 0. The summed E-state index contributed by atoms with van der Waals surface area (Å²) in [6.07, 6.45) is 10.1. The molecule has 0 spiro atoms. The summed E-state index contributed by atoms with van der Waals surface area (Å²) in [5, 5.41) is 0. The Kier molecular flexibility index (Phi) is 4.66. The molecule has 0 amide bonds. The minimum absolute atomic E-state index is 0.103. The van der Waals surface area contributed by atoms with E-state index in [1.54, 1.807) is 6.20 Å². The molecule has 0 N–H and O–H groups in total. The lowest BCUT2D eigenvalue weighted by atomic mass is 9.79. The molecule has 124 valence electrons. The summed E-state index contributed by atoms with van der Waals surface area (Å²) >= 11 is 0. The van der Waals surface area contributed by atoms with Crippen LogP contribution in [-0.2, 0) is 0 Å². The summed E-state index contributed by atoms with van der Waals surface area (Å²) in [7, 11) is 0. The van der Waals surface area contributed by atoms with E-state index in [0.717, 1.165) is 42.5 Å². The van der Waals surface area contributed by atoms with Crippen molar-refractivity contribution in [3.05, 3.63) is 71.0 Å². The van der Waals surface area contributed by atoms with Gasteiger partial charge in [0.2, 0.25) is 0 Å². The largest absolute Gasteiger partial charge is 0.289 e. The van der Waals surface area contributed by atoms with Gasteiger partial charge in [0.05, 0.1) is 0 Å². The summed E-state index contributed by atoms with van der Waals surface area (Å²) in [5.74, 6) is 0.103. The summed E-state index contributed by atoms with van der Waals surface area (Å²) in [6, 6.07) is 9.46. The van der Waals surface area contributed by atoms with E-state index < -0.39 is 0 Å². The average Bonchev–Trinajstić information content (AvgIpc) is 2.61. The number of hydrogen-bond donors (Lipinski definition) is 0. The van der Waals surface area contributed by atoms with Crippen LogP contribution in [0.5, 0.6) is 0 Å². The first-order chi connectivity index (χ1) is 11.4. The van der Waals surface area contributed by atoms with Crippen molar-refractivity contribution in [2.75, 3.05) is 0 Å². The number of benzene rings is 1. The van der Waals surface area contributed by atoms with Crippen molar-refractivity contribution < 1.29 is 4.79 Å². The van der Waals surface area contributed by atoms with Gasteiger partial charge in [-0.05, 0) is 36.7 Å². The van der Waals surface area contributed by atoms with Crippen molar-refractivity contribution in [2.45, 2.75) is 46.5 Å². The van der Waals surface area contributed by atoms with Crippen LogP contribution in [0.3, 0.4) is 0 Å². The second-order valence-corrected chi connectivity index (χ2v) is 7.56. The van der Waals surface area contributed by atoms with Gasteiger partial charge in [0, 0.05) is 23.0 Å². The number of Topliss-reactive ketones (excluding diaryl/α,β-unsaturated/α-hetero) is 1. The molecule has 3 rings (SSSR count). The number of allylic oxidation sites excluding steroid dienone is 5. The Balaban J connectivity index is 1.76. The minimum atomic E-state index is 0.103. The van der Waals surface area contributed by atoms with E-state index in [0.29, 0.717) is 0 Å². The molecule has 2 heteroatoms. The van der Waals surface area contributed by atoms with Crippen LogP contribution < -0.4 is 0 Å². The molecule has 0 fully saturated rings. The van der Waals surface area contributed by atoms with Crippen molar-refractivity contribution in [2.24, 2.45) is 10.4 Å². The predicted octanol–water partition coefficient (Wildman–Crippen LogP) is 5.68. The topological polar surface area (TPSA) is 29.4 Å². The van der Waals surface area contributed by atoms with E-state index in [4.69, 9.17) is 0 Å². The van der Waals surface area contributed by atoms with Gasteiger partial charge in [0.25, 0.3) is 0 Å². The van der Waals surface area contributed by atoms with Gasteiger partial charge in [-0.15, -0.1) is 0 Å². The number of rotatable bonds is 3. The number of aliphatic imine (C=N–C) groups is 1. The van der Waals surface area contributed by atoms with E-state index in [2.05, 4.69) is 37.9 Å². The second kappa shape index (κ2) is 6.72. The van der Waals surface area contributed by atoms with Gasteiger partial charge < -0.3 is 0 Å². The van der Waals surface area contributed by atoms with Gasteiger partial charge in [-0.3, -0.25) is 9.79 Å². The van der Waals surface area contributed by atoms with E-state index in [1.165, 1.54) is 11.1 Å². The monoisotopic (exact) mass is 319 g/mol. The molecule has 24 heavy (non-hydrogen) atoms. The Bertz CT molecular complexity index is 755. The molecular formula is C22H25NO. The zero-order valence-corrected chi connectivity index (χ0v) is 14.8. The molecule has 0 radical (unpaired) electrons. The highest BCUT2D eigenvalue weighted by Crippen LogP contribution is 2.34. The molecule has 0 saturated heterocycles. The SMILES string of the molecule is CC(C)(C)C1=CC=C(C2=NC=C(C(=O)c3ccccc3)CC2)CC1. The maximum absolute atomic E-state index is 12.5. The van der Waals surface area contributed by atoms with Crippen LogP contribution in [0.2, 0.25) is 0 Å². The number of carbonyl (C=O) groups is 1. The standard InChI is InChI=1S/C22H25NO/c1-22(2,3)19-12-9-16(10-13-19)20-14-11-18(15-23-20)21(24)17-7-5-4-6-8-17/h4-9,12,15H,10-11,13-14H2,1-3H3. The van der Waals surface area contributed by atoms with Gasteiger partial charge in [-0.2, -0.15) is 0 Å². The maximum atomic E-state index is 12.5. The van der Waals surface area contributed by atoms with Crippen LogP contribution in [0.1, 0.15) is 56.8 Å². The third-order valence-electron chi connectivity index (χ3n) is 4.82. The normalized spacial score (nSPS) is 18.3. The molecule has 1 aliphatic heterocycles. The van der Waals surface area contributed by atoms with Crippen LogP contribution in [0.15, 0.2) is 70.4 Å². The lowest BCUT2D eigenvalue weighted by Crippen LogP contribution is -2.16. The smallest absolute Gasteiger partial charge is 0.190 e. The van der Waals surface area contributed by atoms with Crippen molar-refractivity contribution in [1.82, 2.24) is 0 Å². The van der Waals surface area contributed by atoms with Gasteiger partial charge in [-0.25, -0.2) is 0 Å². The molecule has 0 unspecified atom stereocenters. The zero-order valence-electron chi connectivity index (χ0n) is 14.8. The first-order valence-corrected chi connectivity index (χ1v) is 8.71. The van der Waals surface area contributed by atoms with Crippen LogP contribution >= 0.6 is 0 Å². The van der Waals surface area contributed by atoms with Gasteiger partial charge in [-0.1, -0.05) is 68.8 Å². The first-order valence-electron chi connectivity index (χ1n) is 8.71. The van der Waals surface area contributed by atoms with Gasteiger partial charge in [0.15, 0.2) is 5.78 Å². The van der Waals surface area contributed by atoms with Crippen molar-refractivity contribution in [1.29, 1.82) is 0 Å². The number of hydrogen-bond acceptors (Lipinski definition) is 2. The minimum Gasteiger partial charge on any atom is -0.289 e. The number of carbonyl (C=O) groups excluding carboxylic acids is 1. The van der Waals surface area contributed by atoms with E-state index in [9.17, 15) is 4.79 Å².